The third-order valence-corrected chi connectivity index (χ3v) is 3.16. The third-order valence-electron chi connectivity index (χ3n) is 3.16. The summed E-state index contributed by atoms with van der Waals surface area (Å²) in [6.45, 7) is 0. The van der Waals surface area contributed by atoms with Gasteiger partial charge in [0.15, 0.2) is 5.75 Å². The predicted molar refractivity (Wildman–Crippen MR) is 67.9 cm³/mol. The number of ether oxygens (including phenoxy) is 1. The molecule has 1 aliphatic rings. The summed E-state index contributed by atoms with van der Waals surface area (Å²) < 4.78 is 5.60. The molecular formula is C12H15N3O4. The number of rotatable bonds is 4. The van der Waals surface area contributed by atoms with Gasteiger partial charge < -0.3 is 16.2 Å². The van der Waals surface area contributed by atoms with Crippen molar-refractivity contribution in [1.29, 1.82) is 0 Å². The van der Waals surface area contributed by atoms with Crippen LogP contribution < -0.4 is 16.2 Å². The highest BCUT2D eigenvalue weighted by Crippen LogP contribution is 2.31. The van der Waals surface area contributed by atoms with E-state index in [-0.39, 0.29) is 29.1 Å². The fraction of sp³-hybridized carbons (Fsp3) is 0.417. The Kier molecular flexibility index (Phi) is 3.66. The first-order valence-corrected chi connectivity index (χ1v) is 5.98. The monoisotopic (exact) mass is 265 g/mol. The number of nitro groups is 1. The van der Waals surface area contributed by atoms with Crippen LogP contribution >= 0.6 is 0 Å². The minimum absolute atomic E-state index is 0.0777. The van der Waals surface area contributed by atoms with Crippen LogP contribution in [0.1, 0.15) is 29.6 Å². The van der Waals surface area contributed by atoms with Gasteiger partial charge >= 0.3 is 5.69 Å². The van der Waals surface area contributed by atoms with Crippen molar-refractivity contribution in [2.45, 2.75) is 31.4 Å². The van der Waals surface area contributed by atoms with Gasteiger partial charge in [-0.2, -0.15) is 0 Å². The predicted octanol–water partition coefficient (Wildman–Crippen LogP) is 0.952. The van der Waals surface area contributed by atoms with E-state index in [1.54, 1.807) is 0 Å². The van der Waals surface area contributed by atoms with Crippen molar-refractivity contribution in [3.05, 3.63) is 33.9 Å². The van der Waals surface area contributed by atoms with Crippen molar-refractivity contribution < 1.29 is 14.5 Å². The fourth-order valence-electron chi connectivity index (χ4n) is 2.17. The van der Waals surface area contributed by atoms with E-state index in [2.05, 4.69) is 0 Å². The average molecular weight is 265 g/mol. The van der Waals surface area contributed by atoms with Gasteiger partial charge in [-0.3, -0.25) is 14.9 Å². The van der Waals surface area contributed by atoms with Crippen LogP contribution in [0.5, 0.6) is 5.75 Å². The van der Waals surface area contributed by atoms with Crippen LogP contribution in [0.3, 0.4) is 0 Å². The number of carbonyl (C=O) groups excluding carboxylic acids is 1. The average Bonchev–Trinajstić information content (AvgIpc) is 2.74. The van der Waals surface area contributed by atoms with Gasteiger partial charge in [0, 0.05) is 17.7 Å². The number of hydrogen-bond donors (Lipinski definition) is 2. The van der Waals surface area contributed by atoms with Gasteiger partial charge in [-0.15, -0.1) is 0 Å². The summed E-state index contributed by atoms with van der Waals surface area (Å²) in [5, 5.41) is 11.0. The van der Waals surface area contributed by atoms with E-state index < -0.39 is 10.8 Å². The van der Waals surface area contributed by atoms with Crippen LogP contribution in [-0.2, 0) is 0 Å². The SMILES string of the molecule is NC(=O)c1ccc(OC2CCC(N)C2)c([N+](=O)[O-])c1. The van der Waals surface area contributed by atoms with E-state index in [4.69, 9.17) is 16.2 Å². The first kappa shape index (κ1) is 13.3. The van der Waals surface area contributed by atoms with Gasteiger partial charge in [-0.25, -0.2) is 0 Å². The maximum absolute atomic E-state index is 11.0. The molecule has 1 aliphatic carbocycles. The van der Waals surface area contributed by atoms with Gasteiger partial charge in [-0.1, -0.05) is 0 Å². The molecule has 1 amide bonds. The van der Waals surface area contributed by atoms with Crippen molar-refractivity contribution in [2.24, 2.45) is 11.5 Å². The molecule has 0 radical (unpaired) electrons. The Morgan fingerprint density at radius 2 is 2.16 bits per heavy atom. The summed E-state index contributed by atoms with van der Waals surface area (Å²) >= 11 is 0. The molecular weight excluding hydrogens is 250 g/mol. The Morgan fingerprint density at radius 1 is 1.42 bits per heavy atom. The van der Waals surface area contributed by atoms with Gasteiger partial charge in [0.2, 0.25) is 5.91 Å². The summed E-state index contributed by atoms with van der Waals surface area (Å²) in [5.74, 6) is -0.563. The lowest BCUT2D eigenvalue weighted by molar-refractivity contribution is -0.386. The van der Waals surface area contributed by atoms with Crippen LogP contribution in [0.25, 0.3) is 0 Å². The van der Waals surface area contributed by atoms with Crippen molar-refractivity contribution in [3.8, 4) is 5.75 Å². The largest absolute Gasteiger partial charge is 0.483 e. The lowest BCUT2D eigenvalue weighted by atomic mass is 10.1. The summed E-state index contributed by atoms with van der Waals surface area (Å²) in [6.07, 6.45) is 2.18. The fourth-order valence-corrected chi connectivity index (χ4v) is 2.17. The van der Waals surface area contributed by atoms with Crippen molar-refractivity contribution in [1.82, 2.24) is 0 Å². The number of primary amides is 1. The first-order chi connectivity index (χ1) is 8.97. The molecule has 0 bridgehead atoms. The number of amides is 1. The molecule has 2 atom stereocenters. The van der Waals surface area contributed by atoms with Crippen LogP contribution in [0.4, 0.5) is 5.69 Å². The number of benzene rings is 1. The summed E-state index contributed by atoms with van der Waals surface area (Å²) in [4.78, 5) is 21.4. The maximum Gasteiger partial charge on any atom is 0.311 e. The van der Waals surface area contributed by atoms with Crippen LogP contribution in [-0.4, -0.2) is 23.0 Å². The molecule has 2 rings (SSSR count). The number of carbonyl (C=O) groups is 1. The summed E-state index contributed by atoms with van der Waals surface area (Å²) in [7, 11) is 0. The normalized spacial score (nSPS) is 22.2. The Balaban J connectivity index is 2.24. The molecule has 1 aromatic rings. The highest BCUT2D eigenvalue weighted by Gasteiger charge is 2.26. The molecule has 1 saturated carbocycles. The van der Waals surface area contributed by atoms with Crippen LogP contribution in [0, 0.1) is 10.1 Å². The Bertz CT molecular complexity index is 518. The van der Waals surface area contributed by atoms with Crippen LogP contribution in [0.15, 0.2) is 18.2 Å². The van der Waals surface area contributed by atoms with Gasteiger partial charge in [0.05, 0.1) is 4.92 Å². The minimum atomic E-state index is -0.711. The number of hydrogen-bond acceptors (Lipinski definition) is 5. The molecule has 1 aromatic carbocycles. The Hall–Kier alpha value is -2.15. The van der Waals surface area contributed by atoms with Crippen LogP contribution in [0.2, 0.25) is 0 Å². The lowest BCUT2D eigenvalue weighted by Gasteiger charge is -2.13. The molecule has 0 saturated heterocycles. The zero-order valence-electron chi connectivity index (χ0n) is 10.2. The van der Waals surface area contributed by atoms with E-state index in [0.717, 1.165) is 18.9 Å². The first-order valence-electron chi connectivity index (χ1n) is 5.98. The van der Waals surface area contributed by atoms with Crippen molar-refractivity contribution in [2.75, 3.05) is 0 Å². The Morgan fingerprint density at radius 3 is 2.68 bits per heavy atom. The zero-order chi connectivity index (χ0) is 14.0. The van der Waals surface area contributed by atoms with E-state index in [0.29, 0.717) is 6.42 Å². The number of nitrogens with two attached hydrogens (primary N) is 2. The number of nitrogens with zero attached hydrogens (tertiary/aromatic N) is 1. The molecule has 2 unspecified atom stereocenters. The second-order valence-corrected chi connectivity index (χ2v) is 4.62. The topological polar surface area (TPSA) is 121 Å². The second kappa shape index (κ2) is 5.23. The smallest absolute Gasteiger partial charge is 0.311 e. The number of nitro benzene ring substituents is 1. The van der Waals surface area contributed by atoms with Gasteiger partial charge in [-0.05, 0) is 31.4 Å². The van der Waals surface area contributed by atoms with E-state index >= 15 is 0 Å². The quantitative estimate of drug-likeness (QED) is 0.620. The molecule has 0 spiro atoms. The van der Waals surface area contributed by atoms with Gasteiger partial charge in [0.25, 0.3) is 0 Å². The zero-order valence-corrected chi connectivity index (χ0v) is 10.2. The highest BCUT2D eigenvalue weighted by molar-refractivity contribution is 5.93. The molecule has 0 heterocycles. The molecule has 102 valence electrons. The molecule has 4 N–H and O–H groups in total. The molecule has 1 fully saturated rings. The van der Waals surface area contributed by atoms with E-state index in [9.17, 15) is 14.9 Å². The van der Waals surface area contributed by atoms with Gasteiger partial charge in [0.1, 0.15) is 6.10 Å². The molecule has 7 heteroatoms. The van der Waals surface area contributed by atoms with Crippen molar-refractivity contribution >= 4 is 11.6 Å². The molecule has 7 nitrogen and oxygen atoms in total. The standard InChI is InChI=1S/C12H15N3O4/c13-8-2-3-9(6-8)19-11-4-1-7(12(14)16)5-10(11)15(17)18/h1,4-5,8-9H,2-3,6,13H2,(H2,14,16). The summed E-state index contributed by atoms with van der Waals surface area (Å²) in [6, 6.07) is 4.03. The summed E-state index contributed by atoms with van der Waals surface area (Å²) in [5.41, 5.74) is 10.7. The minimum Gasteiger partial charge on any atom is -0.483 e. The third kappa shape index (κ3) is 3.00. The molecule has 0 aromatic heterocycles. The second-order valence-electron chi connectivity index (χ2n) is 4.62. The highest BCUT2D eigenvalue weighted by atomic mass is 16.6. The van der Waals surface area contributed by atoms with Crippen molar-refractivity contribution in [3.63, 3.8) is 0 Å². The maximum atomic E-state index is 11.0. The lowest BCUT2D eigenvalue weighted by Crippen LogP contribution is -2.19. The molecule has 19 heavy (non-hydrogen) atoms. The Labute approximate surface area is 109 Å². The van der Waals surface area contributed by atoms with E-state index in [1.165, 1.54) is 12.1 Å². The molecule has 0 aliphatic heterocycles. The van der Waals surface area contributed by atoms with E-state index in [1.807, 2.05) is 0 Å².